The molecule has 4 heteroatoms. The fourth-order valence-corrected chi connectivity index (χ4v) is 1.33. The highest BCUT2D eigenvalue weighted by Gasteiger charge is 2.10. The molecule has 1 aromatic rings. The van der Waals surface area contributed by atoms with Crippen LogP contribution in [0.2, 0.25) is 0 Å². The summed E-state index contributed by atoms with van der Waals surface area (Å²) in [6.07, 6.45) is 0. The lowest BCUT2D eigenvalue weighted by Crippen LogP contribution is -1.91. The second kappa shape index (κ2) is 4.97. The fraction of sp³-hybridized carbons (Fsp3) is 0.333. The Hall–Kier alpha value is -0.900. The van der Waals surface area contributed by atoms with Gasteiger partial charge in [0.1, 0.15) is 0 Å². The van der Waals surface area contributed by atoms with E-state index >= 15 is 0 Å². The zero-order valence-corrected chi connectivity index (χ0v) is 8.73. The van der Waals surface area contributed by atoms with E-state index in [0.717, 1.165) is 5.56 Å². The standard InChI is InChI=1S/C7H7FO2S.C2H6/c1-6-3-2-4-7(5-6)11(8,9)10;1-2/h2-5H,1H3;1-2H3. The lowest BCUT2D eigenvalue weighted by Gasteiger charge is -1.94. The van der Waals surface area contributed by atoms with Crippen LogP contribution in [0, 0.1) is 6.92 Å². The molecule has 0 saturated carbocycles. The molecule has 13 heavy (non-hydrogen) atoms. The van der Waals surface area contributed by atoms with Crippen molar-refractivity contribution in [3.8, 4) is 0 Å². The maximum absolute atomic E-state index is 12.3. The number of hydrogen-bond donors (Lipinski definition) is 0. The molecule has 0 radical (unpaired) electrons. The molecule has 0 N–H and O–H groups in total. The van der Waals surface area contributed by atoms with Gasteiger partial charge in [-0.25, -0.2) is 0 Å². The molecule has 0 amide bonds. The molecule has 0 aromatic heterocycles. The predicted octanol–water partition coefficient (Wildman–Crippen LogP) is 2.68. The molecule has 0 unspecified atom stereocenters. The summed E-state index contributed by atoms with van der Waals surface area (Å²) >= 11 is 0. The average Bonchev–Trinajstić information content (AvgIpc) is 2.06. The minimum absolute atomic E-state index is 0.280. The van der Waals surface area contributed by atoms with Crippen molar-refractivity contribution in [3.63, 3.8) is 0 Å². The van der Waals surface area contributed by atoms with Gasteiger partial charge in [0.15, 0.2) is 0 Å². The van der Waals surface area contributed by atoms with Crippen LogP contribution in [0.1, 0.15) is 19.4 Å². The number of hydrogen-bond acceptors (Lipinski definition) is 2. The maximum Gasteiger partial charge on any atom is 0.332 e. The third kappa shape index (κ3) is 4.03. The molecular formula is C9H13FO2S. The second-order valence-corrected chi connectivity index (χ2v) is 3.60. The van der Waals surface area contributed by atoms with Crippen molar-refractivity contribution in [1.29, 1.82) is 0 Å². The van der Waals surface area contributed by atoms with Crippen molar-refractivity contribution < 1.29 is 12.3 Å². The van der Waals surface area contributed by atoms with E-state index in [1.807, 2.05) is 13.8 Å². The Kier molecular flexibility index (Phi) is 4.62. The Bertz CT molecular complexity index is 358. The van der Waals surface area contributed by atoms with Gasteiger partial charge in [-0.3, -0.25) is 0 Å². The maximum atomic E-state index is 12.3. The first-order chi connectivity index (χ1) is 6.00. The predicted molar refractivity (Wildman–Crippen MR) is 50.8 cm³/mol. The Morgan fingerprint density at radius 3 is 2.08 bits per heavy atom. The molecule has 0 aliphatic rings. The van der Waals surface area contributed by atoms with Gasteiger partial charge in [-0.05, 0) is 24.6 Å². The van der Waals surface area contributed by atoms with Crippen LogP contribution >= 0.6 is 0 Å². The monoisotopic (exact) mass is 204 g/mol. The first-order valence-corrected chi connectivity index (χ1v) is 5.40. The number of benzene rings is 1. The lowest BCUT2D eigenvalue weighted by atomic mass is 10.2. The molecule has 74 valence electrons. The summed E-state index contributed by atoms with van der Waals surface area (Å²) in [6, 6.07) is 5.72. The molecule has 0 fully saturated rings. The number of halogens is 1. The topological polar surface area (TPSA) is 34.1 Å². The minimum atomic E-state index is -4.53. The largest absolute Gasteiger partial charge is 0.332 e. The summed E-state index contributed by atoms with van der Waals surface area (Å²) in [5, 5.41) is 0. The molecule has 0 bridgehead atoms. The van der Waals surface area contributed by atoms with Crippen molar-refractivity contribution in [2.75, 3.05) is 0 Å². The van der Waals surface area contributed by atoms with Gasteiger partial charge in [0.05, 0.1) is 4.90 Å². The summed E-state index contributed by atoms with van der Waals surface area (Å²) in [7, 11) is -4.53. The Balaban J connectivity index is 0.000000671. The lowest BCUT2D eigenvalue weighted by molar-refractivity contribution is 0.552. The summed E-state index contributed by atoms with van der Waals surface area (Å²) in [6.45, 7) is 5.70. The zero-order valence-electron chi connectivity index (χ0n) is 7.91. The first-order valence-electron chi connectivity index (χ1n) is 4.01. The molecule has 1 rings (SSSR count). The molecular weight excluding hydrogens is 191 g/mol. The van der Waals surface area contributed by atoms with Crippen molar-refractivity contribution in [2.45, 2.75) is 25.7 Å². The third-order valence-electron chi connectivity index (χ3n) is 1.27. The third-order valence-corrected chi connectivity index (χ3v) is 2.09. The minimum Gasteiger partial charge on any atom is -0.189 e. The van der Waals surface area contributed by atoms with Gasteiger partial charge in [0.2, 0.25) is 0 Å². The van der Waals surface area contributed by atoms with Crippen molar-refractivity contribution in [2.24, 2.45) is 0 Å². The van der Waals surface area contributed by atoms with E-state index in [4.69, 9.17) is 0 Å². The van der Waals surface area contributed by atoms with Crippen LogP contribution in [-0.4, -0.2) is 8.42 Å². The van der Waals surface area contributed by atoms with E-state index in [1.165, 1.54) is 18.2 Å². The van der Waals surface area contributed by atoms with Crippen LogP contribution < -0.4 is 0 Å². The highest BCUT2D eigenvalue weighted by Crippen LogP contribution is 2.12. The van der Waals surface area contributed by atoms with E-state index in [9.17, 15) is 12.3 Å². The van der Waals surface area contributed by atoms with Crippen molar-refractivity contribution in [1.82, 2.24) is 0 Å². The summed E-state index contributed by atoms with van der Waals surface area (Å²) in [5.74, 6) is 0. The molecule has 2 nitrogen and oxygen atoms in total. The average molecular weight is 204 g/mol. The van der Waals surface area contributed by atoms with E-state index < -0.39 is 10.2 Å². The molecule has 0 aliphatic heterocycles. The number of rotatable bonds is 1. The van der Waals surface area contributed by atoms with Gasteiger partial charge in [-0.1, -0.05) is 26.0 Å². The quantitative estimate of drug-likeness (QED) is 0.659. The van der Waals surface area contributed by atoms with E-state index in [0.29, 0.717) is 0 Å². The molecule has 0 saturated heterocycles. The summed E-state index contributed by atoms with van der Waals surface area (Å²) in [5.41, 5.74) is 0.726. The summed E-state index contributed by atoms with van der Waals surface area (Å²) in [4.78, 5) is -0.280. The van der Waals surface area contributed by atoms with Gasteiger partial charge in [0.25, 0.3) is 0 Å². The van der Waals surface area contributed by atoms with Crippen LogP contribution in [0.4, 0.5) is 3.89 Å². The van der Waals surface area contributed by atoms with Crippen LogP contribution in [0.3, 0.4) is 0 Å². The Labute approximate surface area is 78.6 Å². The normalized spacial score (nSPS) is 10.2. The second-order valence-electron chi connectivity index (χ2n) is 2.25. The van der Waals surface area contributed by atoms with Crippen LogP contribution in [0.25, 0.3) is 0 Å². The van der Waals surface area contributed by atoms with E-state index in [2.05, 4.69) is 0 Å². The molecule has 0 atom stereocenters. The molecule has 0 heterocycles. The number of aryl methyl sites for hydroxylation is 1. The Morgan fingerprint density at radius 1 is 1.23 bits per heavy atom. The SMILES string of the molecule is CC.Cc1cccc(S(=O)(=O)F)c1. The first kappa shape index (κ1) is 12.1. The van der Waals surface area contributed by atoms with Crippen LogP contribution in [-0.2, 0) is 10.2 Å². The zero-order chi connectivity index (χ0) is 10.5. The van der Waals surface area contributed by atoms with Crippen molar-refractivity contribution >= 4 is 10.2 Å². The highest BCUT2D eigenvalue weighted by molar-refractivity contribution is 7.86. The van der Waals surface area contributed by atoms with E-state index in [1.54, 1.807) is 13.0 Å². The Morgan fingerprint density at radius 2 is 1.77 bits per heavy atom. The van der Waals surface area contributed by atoms with Crippen LogP contribution in [0.5, 0.6) is 0 Å². The van der Waals surface area contributed by atoms with Gasteiger partial charge in [-0.15, -0.1) is 3.89 Å². The summed E-state index contributed by atoms with van der Waals surface area (Å²) < 4.78 is 32.9. The smallest absolute Gasteiger partial charge is 0.189 e. The van der Waals surface area contributed by atoms with Gasteiger partial charge in [-0.2, -0.15) is 8.42 Å². The van der Waals surface area contributed by atoms with Crippen molar-refractivity contribution in [3.05, 3.63) is 29.8 Å². The fourth-order valence-electron chi connectivity index (χ4n) is 0.767. The van der Waals surface area contributed by atoms with E-state index in [-0.39, 0.29) is 4.90 Å². The molecule has 0 spiro atoms. The van der Waals surface area contributed by atoms with Gasteiger partial charge < -0.3 is 0 Å². The van der Waals surface area contributed by atoms with Crippen LogP contribution in [0.15, 0.2) is 29.2 Å². The highest BCUT2D eigenvalue weighted by atomic mass is 32.3. The van der Waals surface area contributed by atoms with Gasteiger partial charge in [0, 0.05) is 0 Å². The molecule has 0 aliphatic carbocycles. The van der Waals surface area contributed by atoms with Gasteiger partial charge >= 0.3 is 10.2 Å². The molecule has 1 aromatic carbocycles.